The van der Waals surface area contributed by atoms with E-state index in [9.17, 15) is 32.9 Å². The van der Waals surface area contributed by atoms with Crippen molar-refractivity contribution in [3.63, 3.8) is 0 Å². The van der Waals surface area contributed by atoms with Crippen LogP contribution in [0.25, 0.3) is 0 Å². The van der Waals surface area contributed by atoms with Crippen LogP contribution in [0.15, 0.2) is 72.8 Å². The van der Waals surface area contributed by atoms with Gasteiger partial charge in [0.05, 0.1) is 22.1 Å². The van der Waals surface area contributed by atoms with Crippen molar-refractivity contribution in [2.75, 3.05) is 6.61 Å². The Morgan fingerprint density at radius 1 is 1.02 bits per heavy atom. The molecular formula is C27H21ClF3NO8. The smallest absolute Gasteiger partial charge is 0.416 e. The van der Waals surface area contributed by atoms with E-state index in [-0.39, 0.29) is 29.4 Å². The number of esters is 2. The summed E-state index contributed by atoms with van der Waals surface area (Å²) in [5.41, 5.74) is -2.47. The fourth-order valence-electron chi connectivity index (χ4n) is 3.30. The molecule has 40 heavy (non-hydrogen) atoms. The fraction of sp³-hybridized carbons (Fsp3) is 0.185. The van der Waals surface area contributed by atoms with Crippen LogP contribution in [0.4, 0.5) is 18.9 Å². The van der Waals surface area contributed by atoms with Gasteiger partial charge in [0.15, 0.2) is 0 Å². The Morgan fingerprint density at radius 3 is 2.23 bits per heavy atom. The molecular weight excluding hydrogens is 559 g/mol. The molecule has 0 saturated carbocycles. The van der Waals surface area contributed by atoms with Gasteiger partial charge in [0.25, 0.3) is 0 Å². The van der Waals surface area contributed by atoms with Gasteiger partial charge in [-0.05, 0) is 49.8 Å². The van der Waals surface area contributed by atoms with Crippen molar-refractivity contribution in [3.8, 4) is 23.0 Å². The van der Waals surface area contributed by atoms with Gasteiger partial charge < -0.3 is 18.9 Å². The number of rotatable bonds is 10. The molecule has 3 aromatic rings. The maximum atomic E-state index is 13.2. The molecule has 0 radical (unpaired) electrons. The van der Waals surface area contributed by atoms with Crippen molar-refractivity contribution in [1.82, 2.24) is 0 Å². The number of carbonyl (C=O) groups is 2. The molecule has 0 amide bonds. The summed E-state index contributed by atoms with van der Waals surface area (Å²) in [4.78, 5) is 36.7. The molecule has 0 aromatic heterocycles. The molecule has 3 aromatic carbocycles. The number of hydrogen-bond donors (Lipinski definition) is 0. The zero-order valence-electron chi connectivity index (χ0n) is 21.0. The molecule has 1 unspecified atom stereocenters. The lowest BCUT2D eigenvalue weighted by molar-refractivity contribution is -0.386. The van der Waals surface area contributed by atoms with Gasteiger partial charge >= 0.3 is 23.8 Å². The predicted octanol–water partition coefficient (Wildman–Crippen LogP) is 7.52. The molecule has 0 aliphatic rings. The van der Waals surface area contributed by atoms with Crippen LogP contribution in [0, 0.1) is 10.1 Å². The van der Waals surface area contributed by atoms with E-state index >= 15 is 0 Å². The lowest BCUT2D eigenvalue weighted by atomic mass is 10.1. The van der Waals surface area contributed by atoms with Crippen LogP contribution in [0.5, 0.6) is 23.0 Å². The minimum Gasteiger partial charge on any atom is -0.463 e. The van der Waals surface area contributed by atoms with Crippen molar-refractivity contribution in [2.45, 2.75) is 26.1 Å². The predicted molar refractivity (Wildman–Crippen MR) is 137 cm³/mol. The van der Waals surface area contributed by atoms with Gasteiger partial charge in [-0.2, -0.15) is 13.2 Å². The average molecular weight is 580 g/mol. The van der Waals surface area contributed by atoms with Gasteiger partial charge in [-0.3, -0.25) is 10.1 Å². The van der Waals surface area contributed by atoms with Gasteiger partial charge in [-0.1, -0.05) is 36.4 Å². The lowest BCUT2D eigenvalue weighted by Crippen LogP contribution is -2.30. The van der Waals surface area contributed by atoms with E-state index in [4.69, 9.17) is 30.5 Å². The second kappa shape index (κ2) is 12.5. The van der Waals surface area contributed by atoms with Crippen LogP contribution < -0.4 is 9.47 Å². The van der Waals surface area contributed by atoms with Crippen LogP contribution in [-0.2, 0) is 20.4 Å². The molecule has 1 atom stereocenters. The van der Waals surface area contributed by atoms with Gasteiger partial charge in [-0.15, -0.1) is 0 Å². The van der Waals surface area contributed by atoms with Gasteiger partial charge in [-0.25, -0.2) is 9.59 Å². The summed E-state index contributed by atoms with van der Waals surface area (Å²) in [6.45, 7) is 6.47. The highest BCUT2D eigenvalue weighted by atomic mass is 35.5. The third-order valence-electron chi connectivity index (χ3n) is 5.08. The first-order valence-electron chi connectivity index (χ1n) is 11.4. The number of nitrogens with zero attached hydrogens (tertiary/aromatic N) is 1. The van der Waals surface area contributed by atoms with Crippen LogP contribution >= 0.6 is 11.6 Å². The van der Waals surface area contributed by atoms with Crippen LogP contribution in [0.1, 0.15) is 29.8 Å². The molecule has 9 nitrogen and oxygen atoms in total. The molecule has 13 heteroatoms. The molecule has 0 heterocycles. The summed E-state index contributed by atoms with van der Waals surface area (Å²) in [5, 5.41) is 11.7. The Kier molecular flexibility index (Phi) is 9.38. The van der Waals surface area contributed by atoms with E-state index < -0.39 is 56.7 Å². The number of ether oxygens (including phenoxy) is 4. The number of halogens is 4. The lowest BCUT2D eigenvalue weighted by Gasteiger charge is -2.18. The molecule has 0 saturated heterocycles. The zero-order valence-corrected chi connectivity index (χ0v) is 21.7. The topological polar surface area (TPSA) is 114 Å². The molecule has 0 aliphatic heterocycles. The maximum Gasteiger partial charge on any atom is 0.416 e. The van der Waals surface area contributed by atoms with E-state index in [1.807, 2.05) is 0 Å². The molecule has 0 fully saturated rings. The molecule has 0 spiro atoms. The minimum absolute atomic E-state index is 0.0351. The Bertz CT molecular complexity index is 1440. The summed E-state index contributed by atoms with van der Waals surface area (Å²) >= 11 is 5.99. The number of benzene rings is 3. The first-order chi connectivity index (χ1) is 18.8. The molecule has 3 rings (SSSR count). The van der Waals surface area contributed by atoms with Crippen LogP contribution in [0.3, 0.4) is 0 Å². The van der Waals surface area contributed by atoms with Gasteiger partial charge in [0, 0.05) is 12.1 Å². The maximum absolute atomic E-state index is 13.2. The second-order valence-corrected chi connectivity index (χ2v) is 8.53. The zero-order chi connectivity index (χ0) is 29.6. The fourth-order valence-corrected chi connectivity index (χ4v) is 3.52. The number of alkyl halides is 3. The van der Waals surface area contributed by atoms with Crippen molar-refractivity contribution in [1.29, 1.82) is 0 Å². The normalized spacial score (nSPS) is 11.8. The third-order valence-corrected chi connectivity index (χ3v) is 5.38. The number of nitro groups is 1. The minimum atomic E-state index is -4.66. The monoisotopic (exact) mass is 579 g/mol. The van der Waals surface area contributed by atoms with Crippen LogP contribution in [-0.4, -0.2) is 29.6 Å². The third kappa shape index (κ3) is 7.29. The van der Waals surface area contributed by atoms with Crippen LogP contribution in [0.2, 0.25) is 5.02 Å². The molecule has 0 bridgehead atoms. The van der Waals surface area contributed by atoms with Gasteiger partial charge in [0.2, 0.25) is 11.9 Å². The van der Waals surface area contributed by atoms with E-state index in [1.165, 1.54) is 26.0 Å². The quantitative estimate of drug-likeness (QED) is 0.105. The van der Waals surface area contributed by atoms with E-state index in [1.54, 1.807) is 18.2 Å². The molecule has 210 valence electrons. The average Bonchev–Trinajstić information content (AvgIpc) is 2.87. The summed E-state index contributed by atoms with van der Waals surface area (Å²) in [7, 11) is 0. The first kappa shape index (κ1) is 30.0. The Morgan fingerprint density at radius 2 is 1.68 bits per heavy atom. The highest BCUT2D eigenvalue weighted by molar-refractivity contribution is 6.32. The number of hydrogen-bond acceptors (Lipinski definition) is 8. The summed E-state index contributed by atoms with van der Waals surface area (Å²) in [6, 6.07) is 12.1. The van der Waals surface area contributed by atoms with Crippen molar-refractivity contribution < 1.29 is 46.6 Å². The van der Waals surface area contributed by atoms with Gasteiger partial charge in [0.1, 0.15) is 22.8 Å². The standard InChI is InChI=1S/C27H21ClF3NO8/c1-4-37-26(34)24(15(2)3)40-25(33)19-13-18(39-21-11-10-16(12-20(21)28)27(29,30)31)14-22(23(19)32(35)36)38-17-8-6-5-7-9-17/h5-14,24H,2,4H2,1,3H3. The highest BCUT2D eigenvalue weighted by Gasteiger charge is 2.34. The largest absolute Gasteiger partial charge is 0.463 e. The van der Waals surface area contributed by atoms with E-state index in [0.29, 0.717) is 6.07 Å². The Hall–Kier alpha value is -4.58. The molecule has 0 N–H and O–H groups in total. The molecule has 0 aliphatic carbocycles. The summed E-state index contributed by atoms with van der Waals surface area (Å²) in [5.74, 6) is -3.11. The van der Waals surface area contributed by atoms with Crippen molar-refractivity contribution in [3.05, 3.63) is 99.1 Å². The Balaban J connectivity index is 2.12. The van der Waals surface area contributed by atoms with E-state index in [0.717, 1.165) is 24.3 Å². The number of para-hydroxylation sites is 1. The number of carbonyl (C=O) groups excluding carboxylic acids is 2. The second-order valence-electron chi connectivity index (χ2n) is 8.12. The van der Waals surface area contributed by atoms with E-state index in [2.05, 4.69) is 6.58 Å². The summed E-state index contributed by atoms with van der Waals surface area (Å²) in [6.07, 6.45) is -6.25. The summed E-state index contributed by atoms with van der Waals surface area (Å²) < 4.78 is 60.5. The Labute approximate surface area is 230 Å². The SMILES string of the molecule is C=C(C)C(OC(=O)c1cc(Oc2ccc(C(F)(F)F)cc2Cl)cc(Oc2ccccc2)c1[N+](=O)[O-])C(=O)OCC. The van der Waals surface area contributed by atoms with Crippen molar-refractivity contribution in [2.24, 2.45) is 0 Å². The first-order valence-corrected chi connectivity index (χ1v) is 11.8. The highest BCUT2D eigenvalue weighted by Crippen LogP contribution is 2.42. The van der Waals surface area contributed by atoms with Crippen molar-refractivity contribution >= 4 is 29.2 Å². The number of nitro benzene ring substituents is 1.